The highest BCUT2D eigenvalue weighted by Crippen LogP contribution is 2.41. The SMILES string of the molecule is O=C1CC(c2ccc(Cl)cc2)CC1(F)F. The van der Waals surface area contributed by atoms with Crippen molar-refractivity contribution in [2.45, 2.75) is 24.7 Å². The number of halogens is 3. The van der Waals surface area contributed by atoms with Gasteiger partial charge in [0.2, 0.25) is 5.78 Å². The monoisotopic (exact) mass is 230 g/mol. The zero-order valence-electron chi connectivity index (χ0n) is 7.84. The normalized spacial score (nSPS) is 24.5. The Morgan fingerprint density at radius 2 is 1.87 bits per heavy atom. The Labute approximate surface area is 91.0 Å². The van der Waals surface area contributed by atoms with Gasteiger partial charge in [0.1, 0.15) is 0 Å². The lowest BCUT2D eigenvalue weighted by Crippen LogP contribution is -2.20. The lowest BCUT2D eigenvalue weighted by atomic mass is 9.98. The third kappa shape index (κ3) is 2.02. The molecule has 0 amide bonds. The second-order valence-electron chi connectivity index (χ2n) is 3.78. The predicted octanol–water partition coefficient (Wildman–Crippen LogP) is 3.42. The summed E-state index contributed by atoms with van der Waals surface area (Å²) in [6, 6.07) is 6.69. The van der Waals surface area contributed by atoms with Crippen LogP contribution in [0, 0.1) is 0 Å². The zero-order valence-corrected chi connectivity index (χ0v) is 8.60. The highest BCUT2D eigenvalue weighted by Gasteiger charge is 2.48. The number of hydrogen-bond donors (Lipinski definition) is 0. The summed E-state index contributed by atoms with van der Waals surface area (Å²) >= 11 is 5.69. The molecule has 0 bridgehead atoms. The molecule has 2 rings (SSSR count). The van der Waals surface area contributed by atoms with Crippen molar-refractivity contribution >= 4 is 17.4 Å². The molecule has 0 spiro atoms. The lowest BCUT2D eigenvalue weighted by molar-refractivity contribution is -0.138. The van der Waals surface area contributed by atoms with Crippen LogP contribution in [0.1, 0.15) is 24.3 Å². The molecule has 1 saturated carbocycles. The summed E-state index contributed by atoms with van der Waals surface area (Å²) in [6.07, 6.45) is -0.456. The van der Waals surface area contributed by atoms with E-state index < -0.39 is 11.7 Å². The number of carbonyl (C=O) groups is 1. The van der Waals surface area contributed by atoms with E-state index in [1.54, 1.807) is 24.3 Å². The largest absolute Gasteiger partial charge is 0.305 e. The third-order valence-corrected chi connectivity index (χ3v) is 2.94. The first kappa shape index (κ1) is 10.6. The van der Waals surface area contributed by atoms with E-state index in [0.29, 0.717) is 5.02 Å². The molecule has 1 fully saturated rings. The molecule has 1 nitrogen and oxygen atoms in total. The molecule has 0 N–H and O–H groups in total. The summed E-state index contributed by atoms with van der Waals surface area (Å²) < 4.78 is 26.0. The first-order chi connectivity index (χ1) is 6.99. The Morgan fingerprint density at radius 1 is 1.27 bits per heavy atom. The molecule has 1 aliphatic rings. The van der Waals surface area contributed by atoms with Crippen molar-refractivity contribution in [3.63, 3.8) is 0 Å². The van der Waals surface area contributed by atoms with E-state index in [-0.39, 0.29) is 18.8 Å². The van der Waals surface area contributed by atoms with Crippen LogP contribution >= 0.6 is 11.6 Å². The number of benzene rings is 1. The second-order valence-corrected chi connectivity index (χ2v) is 4.22. The van der Waals surface area contributed by atoms with E-state index in [9.17, 15) is 13.6 Å². The minimum atomic E-state index is -3.15. The molecule has 1 aromatic rings. The van der Waals surface area contributed by atoms with Gasteiger partial charge in [0.25, 0.3) is 0 Å². The van der Waals surface area contributed by atoms with E-state index in [4.69, 9.17) is 11.6 Å². The fourth-order valence-electron chi connectivity index (χ4n) is 1.84. The molecular formula is C11H9ClF2O. The minimum absolute atomic E-state index is 0.0748. The lowest BCUT2D eigenvalue weighted by Gasteiger charge is -2.09. The standard InChI is InChI=1S/C11H9ClF2O/c12-9-3-1-7(2-4-9)8-5-10(15)11(13,14)6-8/h1-4,8H,5-6H2. The second kappa shape index (κ2) is 3.56. The smallest absolute Gasteiger partial charge is 0.293 e. The fourth-order valence-corrected chi connectivity index (χ4v) is 1.97. The van der Waals surface area contributed by atoms with Crippen molar-refractivity contribution in [3.8, 4) is 0 Å². The number of alkyl halides is 2. The summed E-state index contributed by atoms with van der Waals surface area (Å²) in [7, 11) is 0. The maximum Gasteiger partial charge on any atom is 0.305 e. The van der Waals surface area contributed by atoms with Gasteiger partial charge in [0, 0.05) is 17.9 Å². The van der Waals surface area contributed by atoms with E-state index in [2.05, 4.69) is 0 Å². The van der Waals surface area contributed by atoms with Crippen molar-refractivity contribution < 1.29 is 13.6 Å². The molecule has 1 aromatic carbocycles. The van der Waals surface area contributed by atoms with Crippen LogP contribution in [-0.4, -0.2) is 11.7 Å². The summed E-state index contributed by atoms with van der Waals surface area (Å²) in [5.41, 5.74) is 0.755. The topological polar surface area (TPSA) is 17.1 Å². The van der Waals surface area contributed by atoms with Crippen molar-refractivity contribution in [2.24, 2.45) is 0 Å². The number of Topliss-reactive ketones (excluding diaryl/α,β-unsaturated/α-hetero) is 1. The van der Waals surface area contributed by atoms with Gasteiger partial charge in [-0.25, -0.2) is 0 Å². The summed E-state index contributed by atoms with van der Waals surface area (Å²) in [4.78, 5) is 11.0. The Balaban J connectivity index is 2.21. The molecule has 80 valence electrons. The van der Waals surface area contributed by atoms with Gasteiger partial charge >= 0.3 is 5.92 Å². The van der Waals surface area contributed by atoms with Crippen molar-refractivity contribution in [2.75, 3.05) is 0 Å². The molecule has 15 heavy (non-hydrogen) atoms. The predicted molar refractivity (Wildman–Crippen MR) is 53.4 cm³/mol. The van der Waals surface area contributed by atoms with Gasteiger partial charge in [0.15, 0.2) is 0 Å². The van der Waals surface area contributed by atoms with Gasteiger partial charge in [-0.05, 0) is 23.6 Å². The van der Waals surface area contributed by atoms with Crippen LogP contribution < -0.4 is 0 Å². The van der Waals surface area contributed by atoms with Crippen LogP contribution in [0.25, 0.3) is 0 Å². The Bertz CT molecular complexity index is 386. The molecule has 0 aliphatic heterocycles. The average Bonchev–Trinajstić information content (AvgIpc) is 2.42. The maximum atomic E-state index is 13.0. The highest BCUT2D eigenvalue weighted by atomic mass is 35.5. The van der Waals surface area contributed by atoms with Gasteiger partial charge in [0.05, 0.1) is 0 Å². The summed E-state index contributed by atoms with van der Waals surface area (Å²) in [5, 5.41) is 0.565. The van der Waals surface area contributed by atoms with Gasteiger partial charge < -0.3 is 0 Å². The van der Waals surface area contributed by atoms with E-state index >= 15 is 0 Å². The molecule has 1 atom stereocenters. The highest BCUT2D eigenvalue weighted by molar-refractivity contribution is 6.30. The number of carbonyl (C=O) groups excluding carboxylic acids is 1. The molecule has 0 saturated heterocycles. The molecule has 0 aromatic heterocycles. The van der Waals surface area contributed by atoms with Crippen LogP contribution in [0.2, 0.25) is 5.02 Å². The molecule has 4 heteroatoms. The fraction of sp³-hybridized carbons (Fsp3) is 0.364. The van der Waals surface area contributed by atoms with Crippen LogP contribution in [0.5, 0.6) is 0 Å². The first-order valence-electron chi connectivity index (χ1n) is 4.65. The molecular weight excluding hydrogens is 222 g/mol. The average molecular weight is 231 g/mol. The van der Waals surface area contributed by atoms with E-state index in [1.807, 2.05) is 0 Å². The number of hydrogen-bond acceptors (Lipinski definition) is 1. The number of ketones is 1. The molecule has 1 unspecified atom stereocenters. The summed E-state index contributed by atoms with van der Waals surface area (Å²) in [6.45, 7) is 0. The molecule has 0 radical (unpaired) electrons. The van der Waals surface area contributed by atoms with Gasteiger partial charge in [-0.1, -0.05) is 23.7 Å². The van der Waals surface area contributed by atoms with Crippen LogP contribution in [0.3, 0.4) is 0 Å². The van der Waals surface area contributed by atoms with Crippen LogP contribution in [0.15, 0.2) is 24.3 Å². The van der Waals surface area contributed by atoms with E-state index in [1.165, 1.54) is 0 Å². The number of rotatable bonds is 1. The first-order valence-corrected chi connectivity index (χ1v) is 5.03. The van der Waals surface area contributed by atoms with Crippen molar-refractivity contribution in [3.05, 3.63) is 34.9 Å². The zero-order chi connectivity index (χ0) is 11.1. The molecule has 1 aliphatic carbocycles. The quantitative estimate of drug-likeness (QED) is 0.723. The van der Waals surface area contributed by atoms with Crippen molar-refractivity contribution in [1.82, 2.24) is 0 Å². The van der Waals surface area contributed by atoms with E-state index in [0.717, 1.165) is 5.56 Å². The van der Waals surface area contributed by atoms with Crippen LogP contribution in [0.4, 0.5) is 8.78 Å². The Morgan fingerprint density at radius 3 is 2.33 bits per heavy atom. The van der Waals surface area contributed by atoms with Gasteiger partial charge in [-0.2, -0.15) is 8.78 Å². The van der Waals surface area contributed by atoms with Crippen LogP contribution in [-0.2, 0) is 4.79 Å². The van der Waals surface area contributed by atoms with Gasteiger partial charge in [-0.15, -0.1) is 0 Å². The molecule has 0 heterocycles. The Hall–Kier alpha value is -0.960. The third-order valence-electron chi connectivity index (χ3n) is 2.68. The Kier molecular flexibility index (Phi) is 2.51. The van der Waals surface area contributed by atoms with Crippen molar-refractivity contribution in [1.29, 1.82) is 0 Å². The minimum Gasteiger partial charge on any atom is -0.293 e. The summed E-state index contributed by atoms with van der Waals surface area (Å²) in [5.74, 6) is -4.48. The van der Waals surface area contributed by atoms with Gasteiger partial charge in [-0.3, -0.25) is 4.79 Å². The maximum absolute atomic E-state index is 13.0.